The fraction of sp³-hybridized carbons (Fsp3) is 0.952. The molecule has 0 unspecified atom stereocenters. The second-order valence-corrected chi connectivity index (χ2v) is 7.09. The highest BCUT2D eigenvalue weighted by molar-refractivity contribution is 5.75. The van der Waals surface area contributed by atoms with Gasteiger partial charge in [-0.05, 0) is 19.4 Å². The number of amides is 1. The molecule has 0 fully saturated rings. The third-order valence-corrected chi connectivity index (χ3v) is 4.59. The van der Waals surface area contributed by atoms with Crippen LogP contribution in [0.15, 0.2) is 0 Å². The van der Waals surface area contributed by atoms with Crippen molar-refractivity contribution in [2.24, 2.45) is 0 Å². The van der Waals surface area contributed by atoms with Gasteiger partial charge in [-0.2, -0.15) is 0 Å². The summed E-state index contributed by atoms with van der Waals surface area (Å²) in [5, 5.41) is 6.34. The van der Waals surface area contributed by atoms with E-state index in [0.717, 1.165) is 26.1 Å². The lowest BCUT2D eigenvalue weighted by atomic mass is 10.1. The Hall–Kier alpha value is -0.570. The van der Waals surface area contributed by atoms with Crippen LogP contribution in [-0.2, 0) is 4.79 Å². The van der Waals surface area contributed by atoms with Crippen LogP contribution in [0.5, 0.6) is 0 Å². The summed E-state index contributed by atoms with van der Waals surface area (Å²) in [6, 6.07) is 0. The third-order valence-electron chi connectivity index (χ3n) is 4.59. The number of rotatable bonds is 19. The molecule has 0 rings (SSSR count). The van der Waals surface area contributed by atoms with Crippen molar-refractivity contribution >= 4 is 5.91 Å². The minimum absolute atomic E-state index is 0.196. The molecule has 0 bridgehead atoms. The van der Waals surface area contributed by atoms with Gasteiger partial charge >= 0.3 is 0 Å². The molecule has 0 aromatic carbocycles. The molecule has 0 heterocycles. The first-order valence-corrected chi connectivity index (χ1v) is 10.8. The Morgan fingerprint density at radius 2 is 1.08 bits per heavy atom. The normalized spacial score (nSPS) is 10.9. The van der Waals surface area contributed by atoms with Gasteiger partial charge in [-0.1, -0.05) is 90.9 Å². The highest BCUT2D eigenvalue weighted by Crippen LogP contribution is 2.11. The fourth-order valence-corrected chi connectivity index (χ4v) is 2.91. The summed E-state index contributed by atoms with van der Waals surface area (Å²) in [5.41, 5.74) is 0. The first-order chi connectivity index (χ1) is 11.8. The van der Waals surface area contributed by atoms with E-state index in [0.29, 0.717) is 6.42 Å². The molecular formula is C21H44N2O. The van der Waals surface area contributed by atoms with Gasteiger partial charge < -0.3 is 10.6 Å². The molecule has 0 saturated carbocycles. The summed E-state index contributed by atoms with van der Waals surface area (Å²) in [7, 11) is 0. The minimum atomic E-state index is 0.196. The monoisotopic (exact) mass is 340 g/mol. The second kappa shape index (κ2) is 20.5. The van der Waals surface area contributed by atoms with Gasteiger partial charge in [0.15, 0.2) is 0 Å². The predicted molar refractivity (Wildman–Crippen MR) is 106 cm³/mol. The molecule has 1 amide bonds. The van der Waals surface area contributed by atoms with E-state index in [-0.39, 0.29) is 5.91 Å². The lowest BCUT2D eigenvalue weighted by Crippen LogP contribution is -2.28. The van der Waals surface area contributed by atoms with Crippen LogP contribution in [0.2, 0.25) is 0 Å². The van der Waals surface area contributed by atoms with Crippen LogP contribution in [0.25, 0.3) is 0 Å². The van der Waals surface area contributed by atoms with Crippen LogP contribution in [0.1, 0.15) is 110 Å². The average molecular weight is 341 g/mol. The highest BCUT2D eigenvalue weighted by Gasteiger charge is 1.99. The Kier molecular flexibility index (Phi) is 20.0. The van der Waals surface area contributed by atoms with Crippen LogP contribution >= 0.6 is 0 Å². The summed E-state index contributed by atoms with van der Waals surface area (Å²) in [6.07, 6.45) is 19.4. The first-order valence-electron chi connectivity index (χ1n) is 10.8. The molecule has 0 radical (unpaired) electrons. The Bertz CT molecular complexity index is 256. The van der Waals surface area contributed by atoms with Crippen molar-refractivity contribution in [3.63, 3.8) is 0 Å². The Balaban J connectivity index is 3.10. The predicted octanol–water partition coefficient (Wildman–Crippen LogP) is 5.58. The molecule has 0 aliphatic rings. The standard InChI is InChI=1S/C21H44N2O/c1-3-5-7-8-9-10-11-12-13-14-15-16-19-23-21(24)17-20-22-18-6-4-2/h22H,3-20H2,1-2H3,(H,23,24). The van der Waals surface area contributed by atoms with Crippen molar-refractivity contribution in [3.05, 3.63) is 0 Å². The first kappa shape index (κ1) is 23.4. The molecule has 2 N–H and O–H groups in total. The van der Waals surface area contributed by atoms with E-state index in [1.165, 1.54) is 83.5 Å². The molecule has 3 heteroatoms. The lowest BCUT2D eigenvalue weighted by Gasteiger charge is -2.06. The van der Waals surface area contributed by atoms with E-state index in [4.69, 9.17) is 0 Å². The number of hydrogen-bond donors (Lipinski definition) is 2. The fourth-order valence-electron chi connectivity index (χ4n) is 2.91. The van der Waals surface area contributed by atoms with E-state index < -0.39 is 0 Å². The SMILES string of the molecule is CCCCCCCCCCCCCCNC(=O)CCNCCCC. The second-order valence-electron chi connectivity index (χ2n) is 7.09. The van der Waals surface area contributed by atoms with Gasteiger partial charge in [0.1, 0.15) is 0 Å². The van der Waals surface area contributed by atoms with Crippen LogP contribution in [-0.4, -0.2) is 25.5 Å². The van der Waals surface area contributed by atoms with Gasteiger partial charge in [-0.3, -0.25) is 4.79 Å². The van der Waals surface area contributed by atoms with Crippen LogP contribution < -0.4 is 10.6 Å². The molecule has 0 aromatic rings. The van der Waals surface area contributed by atoms with Gasteiger partial charge in [0.2, 0.25) is 5.91 Å². The third kappa shape index (κ3) is 19.5. The van der Waals surface area contributed by atoms with Gasteiger partial charge in [0.25, 0.3) is 0 Å². The number of carbonyl (C=O) groups excluding carboxylic acids is 1. The van der Waals surface area contributed by atoms with Crippen molar-refractivity contribution in [3.8, 4) is 0 Å². The van der Waals surface area contributed by atoms with Crippen molar-refractivity contribution in [1.82, 2.24) is 10.6 Å². The Labute approximate surface area is 151 Å². The number of nitrogens with one attached hydrogen (secondary N) is 2. The zero-order chi connectivity index (χ0) is 17.7. The van der Waals surface area contributed by atoms with E-state index in [9.17, 15) is 4.79 Å². The van der Waals surface area contributed by atoms with E-state index in [1.807, 2.05) is 0 Å². The van der Waals surface area contributed by atoms with Crippen molar-refractivity contribution in [2.45, 2.75) is 110 Å². The molecule has 0 saturated heterocycles. The summed E-state index contributed by atoms with van der Waals surface area (Å²) in [5.74, 6) is 0.196. The van der Waals surface area contributed by atoms with E-state index in [1.54, 1.807) is 0 Å². The summed E-state index contributed by atoms with van der Waals surface area (Å²) in [4.78, 5) is 11.6. The minimum Gasteiger partial charge on any atom is -0.356 e. The van der Waals surface area contributed by atoms with Gasteiger partial charge in [0, 0.05) is 19.5 Å². The molecule has 0 aliphatic carbocycles. The number of carbonyl (C=O) groups is 1. The summed E-state index contributed by atoms with van der Waals surface area (Å²) < 4.78 is 0. The number of hydrogen-bond acceptors (Lipinski definition) is 2. The summed E-state index contributed by atoms with van der Waals surface area (Å²) in [6.45, 7) is 7.15. The maximum atomic E-state index is 11.6. The zero-order valence-electron chi connectivity index (χ0n) is 16.6. The highest BCUT2D eigenvalue weighted by atomic mass is 16.1. The van der Waals surface area contributed by atoms with E-state index >= 15 is 0 Å². The lowest BCUT2D eigenvalue weighted by molar-refractivity contribution is -0.121. The topological polar surface area (TPSA) is 41.1 Å². The Morgan fingerprint density at radius 1 is 0.583 bits per heavy atom. The van der Waals surface area contributed by atoms with Gasteiger partial charge in [-0.25, -0.2) is 0 Å². The molecule has 0 aromatic heterocycles. The molecule has 0 spiro atoms. The van der Waals surface area contributed by atoms with Gasteiger partial charge in [0.05, 0.1) is 0 Å². The zero-order valence-corrected chi connectivity index (χ0v) is 16.6. The maximum absolute atomic E-state index is 11.6. The quantitative estimate of drug-likeness (QED) is 0.301. The smallest absolute Gasteiger partial charge is 0.221 e. The Morgan fingerprint density at radius 3 is 1.62 bits per heavy atom. The molecule has 144 valence electrons. The largest absolute Gasteiger partial charge is 0.356 e. The van der Waals surface area contributed by atoms with E-state index in [2.05, 4.69) is 24.5 Å². The van der Waals surface area contributed by atoms with Gasteiger partial charge in [-0.15, -0.1) is 0 Å². The maximum Gasteiger partial charge on any atom is 0.221 e. The molecule has 0 atom stereocenters. The van der Waals surface area contributed by atoms with Crippen molar-refractivity contribution < 1.29 is 4.79 Å². The van der Waals surface area contributed by atoms with Crippen LogP contribution in [0, 0.1) is 0 Å². The average Bonchev–Trinajstić information content (AvgIpc) is 2.59. The molecule has 3 nitrogen and oxygen atoms in total. The summed E-state index contributed by atoms with van der Waals surface area (Å²) >= 11 is 0. The molecule has 0 aliphatic heterocycles. The van der Waals surface area contributed by atoms with Crippen molar-refractivity contribution in [1.29, 1.82) is 0 Å². The number of unbranched alkanes of at least 4 members (excludes halogenated alkanes) is 12. The molecule has 24 heavy (non-hydrogen) atoms. The van der Waals surface area contributed by atoms with Crippen molar-refractivity contribution in [2.75, 3.05) is 19.6 Å². The van der Waals surface area contributed by atoms with Crippen LogP contribution in [0.4, 0.5) is 0 Å². The molecular weight excluding hydrogens is 296 g/mol. The van der Waals surface area contributed by atoms with Crippen LogP contribution in [0.3, 0.4) is 0 Å².